The fraction of sp³-hybridized carbons (Fsp3) is 0.818. The molecule has 1 aromatic heterocycles. The van der Waals surface area contributed by atoms with E-state index in [-0.39, 0.29) is 0 Å². The fourth-order valence-electron chi connectivity index (χ4n) is 2.18. The van der Waals surface area contributed by atoms with E-state index in [4.69, 9.17) is 4.42 Å². The van der Waals surface area contributed by atoms with Crippen LogP contribution in [0.15, 0.2) is 4.42 Å². The van der Waals surface area contributed by atoms with Crippen LogP contribution in [0.25, 0.3) is 0 Å². The maximum absolute atomic E-state index is 5.63. The van der Waals surface area contributed by atoms with Gasteiger partial charge in [-0.05, 0) is 19.9 Å². The number of nitrogens with one attached hydrogen (secondary N) is 1. The van der Waals surface area contributed by atoms with Gasteiger partial charge >= 0.3 is 0 Å². The van der Waals surface area contributed by atoms with Gasteiger partial charge in [0, 0.05) is 5.92 Å². The van der Waals surface area contributed by atoms with E-state index in [0.717, 1.165) is 5.89 Å². The predicted molar refractivity (Wildman–Crippen MR) is 57.5 cm³/mol. The van der Waals surface area contributed by atoms with Gasteiger partial charge in [-0.3, -0.25) is 0 Å². The molecule has 0 aliphatic heterocycles. The molecule has 0 spiro atoms. The molecule has 1 fully saturated rings. The van der Waals surface area contributed by atoms with Gasteiger partial charge in [-0.2, -0.15) is 0 Å². The largest absolute Gasteiger partial charge is 0.424 e. The van der Waals surface area contributed by atoms with Crippen LogP contribution < -0.4 is 5.32 Å². The lowest BCUT2D eigenvalue weighted by molar-refractivity contribution is 0.390. The van der Waals surface area contributed by atoms with Gasteiger partial charge in [-0.1, -0.05) is 25.7 Å². The van der Waals surface area contributed by atoms with Crippen LogP contribution in [0.3, 0.4) is 0 Å². The van der Waals surface area contributed by atoms with Gasteiger partial charge in [0.1, 0.15) is 0 Å². The molecule has 1 N–H and O–H groups in total. The third-order valence-electron chi connectivity index (χ3n) is 3.01. The van der Waals surface area contributed by atoms with Crippen LogP contribution in [0.4, 0.5) is 0 Å². The molecule has 4 nitrogen and oxygen atoms in total. The molecule has 0 aromatic carbocycles. The molecule has 1 aromatic rings. The molecule has 0 saturated heterocycles. The molecule has 4 heteroatoms. The molecule has 15 heavy (non-hydrogen) atoms. The molecule has 0 amide bonds. The molecular weight excluding hydrogens is 190 g/mol. The minimum absolute atomic E-state index is 0.505. The number of nitrogens with zero attached hydrogens (tertiary/aromatic N) is 2. The normalized spacial score (nSPS) is 19.0. The molecule has 1 heterocycles. The summed E-state index contributed by atoms with van der Waals surface area (Å²) in [6, 6.07) is 0. The van der Waals surface area contributed by atoms with Crippen molar-refractivity contribution in [1.29, 1.82) is 0 Å². The Labute approximate surface area is 90.5 Å². The first-order valence-corrected chi connectivity index (χ1v) is 5.87. The lowest BCUT2D eigenvalue weighted by Gasteiger charge is -2.07. The molecule has 1 aliphatic carbocycles. The van der Waals surface area contributed by atoms with Crippen LogP contribution in [-0.2, 0) is 6.54 Å². The van der Waals surface area contributed by atoms with Gasteiger partial charge in [-0.25, -0.2) is 0 Å². The SMILES string of the molecule is CNCc1nnc(C2CCCCCC2)o1. The van der Waals surface area contributed by atoms with E-state index in [0.29, 0.717) is 18.4 Å². The van der Waals surface area contributed by atoms with Crippen molar-refractivity contribution in [1.82, 2.24) is 15.5 Å². The van der Waals surface area contributed by atoms with Crippen LogP contribution >= 0.6 is 0 Å². The minimum Gasteiger partial charge on any atom is -0.424 e. The smallest absolute Gasteiger partial charge is 0.230 e. The molecule has 0 atom stereocenters. The van der Waals surface area contributed by atoms with Crippen LogP contribution in [0.2, 0.25) is 0 Å². The van der Waals surface area contributed by atoms with E-state index in [1.165, 1.54) is 38.5 Å². The third kappa shape index (κ3) is 2.78. The summed E-state index contributed by atoms with van der Waals surface area (Å²) in [6.45, 7) is 0.666. The van der Waals surface area contributed by atoms with Gasteiger partial charge in [0.15, 0.2) is 0 Å². The lowest BCUT2D eigenvalue weighted by Crippen LogP contribution is -2.04. The highest BCUT2D eigenvalue weighted by Crippen LogP contribution is 2.30. The summed E-state index contributed by atoms with van der Waals surface area (Å²) in [5.41, 5.74) is 0. The summed E-state index contributed by atoms with van der Waals surface area (Å²) >= 11 is 0. The van der Waals surface area contributed by atoms with E-state index >= 15 is 0 Å². The van der Waals surface area contributed by atoms with Gasteiger partial charge in [-0.15, -0.1) is 10.2 Å². The Balaban J connectivity index is 2.00. The van der Waals surface area contributed by atoms with Gasteiger partial charge in [0.2, 0.25) is 11.8 Å². The second-order valence-electron chi connectivity index (χ2n) is 4.25. The molecule has 84 valence electrons. The van der Waals surface area contributed by atoms with Crippen molar-refractivity contribution in [2.24, 2.45) is 0 Å². The molecule has 2 rings (SSSR count). The number of hydrogen-bond donors (Lipinski definition) is 1. The Hall–Kier alpha value is -0.900. The Morgan fingerprint density at radius 3 is 2.60 bits per heavy atom. The Bertz CT molecular complexity index is 290. The summed E-state index contributed by atoms with van der Waals surface area (Å²) in [5.74, 6) is 2.06. The quantitative estimate of drug-likeness (QED) is 0.775. The van der Waals surface area contributed by atoms with E-state index in [9.17, 15) is 0 Å². The van der Waals surface area contributed by atoms with Crippen molar-refractivity contribution in [3.63, 3.8) is 0 Å². The highest BCUT2D eigenvalue weighted by Gasteiger charge is 2.19. The topological polar surface area (TPSA) is 51.0 Å². The van der Waals surface area contributed by atoms with Gasteiger partial charge < -0.3 is 9.73 Å². The zero-order chi connectivity index (χ0) is 10.5. The fourth-order valence-corrected chi connectivity index (χ4v) is 2.18. The summed E-state index contributed by atoms with van der Waals surface area (Å²) in [6.07, 6.45) is 7.73. The maximum Gasteiger partial charge on any atom is 0.230 e. The number of rotatable bonds is 3. The molecule has 1 aliphatic rings. The van der Waals surface area contributed by atoms with Gasteiger partial charge in [0.05, 0.1) is 6.54 Å². The van der Waals surface area contributed by atoms with E-state index in [1.807, 2.05) is 7.05 Å². The van der Waals surface area contributed by atoms with Crippen molar-refractivity contribution in [3.05, 3.63) is 11.8 Å². The summed E-state index contributed by atoms with van der Waals surface area (Å²) in [7, 11) is 1.88. The first kappa shape index (κ1) is 10.6. The molecule has 0 bridgehead atoms. The highest BCUT2D eigenvalue weighted by molar-refractivity contribution is 4.92. The molecule has 1 saturated carbocycles. The highest BCUT2D eigenvalue weighted by atomic mass is 16.4. The van der Waals surface area contributed by atoms with Gasteiger partial charge in [0.25, 0.3) is 0 Å². The zero-order valence-corrected chi connectivity index (χ0v) is 9.33. The maximum atomic E-state index is 5.63. The molecule has 0 radical (unpaired) electrons. The Morgan fingerprint density at radius 2 is 1.93 bits per heavy atom. The standard InChI is InChI=1S/C11H19N3O/c1-12-8-10-13-14-11(15-10)9-6-4-2-3-5-7-9/h9,12H,2-8H2,1H3. The summed E-state index contributed by atoms with van der Waals surface area (Å²) < 4.78 is 5.63. The third-order valence-corrected chi connectivity index (χ3v) is 3.01. The van der Waals surface area contributed by atoms with Crippen molar-refractivity contribution < 1.29 is 4.42 Å². The summed E-state index contributed by atoms with van der Waals surface area (Å²) in [5, 5.41) is 11.2. The van der Waals surface area contributed by atoms with Crippen LogP contribution in [0.1, 0.15) is 56.2 Å². The van der Waals surface area contributed by atoms with Crippen molar-refractivity contribution in [2.45, 2.75) is 51.0 Å². The van der Waals surface area contributed by atoms with Crippen LogP contribution in [-0.4, -0.2) is 17.2 Å². The van der Waals surface area contributed by atoms with Crippen LogP contribution in [0, 0.1) is 0 Å². The minimum atomic E-state index is 0.505. The number of aromatic nitrogens is 2. The average molecular weight is 209 g/mol. The zero-order valence-electron chi connectivity index (χ0n) is 9.33. The van der Waals surface area contributed by atoms with Crippen molar-refractivity contribution in [2.75, 3.05) is 7.05 Å². The Morgan fingerprint density at radius 1 is 1.20 bits per heavy atom. The van der Waals surface area contributed by atoms with E-state index in [2.05, 4.69) is 15.5 Å². The Kier molecular flexibility index (Phi) is 3.72. The monoisotopic (exact) mass is 209 g/mol. The van der Waals surface area contributed by atoms with Crippen molar-refractivity contribution >= 4 is 0 Å². The second-order valence-corrected chi connectivity index (χ2v) is 4.25. The summed E-state index contributed by atoms with van der Waals surface area (Å²) in [4.78, 5) is 0. The average Bonchev–Trinajstić information content (AvgIpc) is 2.53. The van der Waals surface area contributed by atoms with Crippen molar-refractivity contribution in [3.8, 4) is 0 Å². The molecule has 0 unspecified atom stereocenters. The second kappa shape index (κ2) is 5.26. The van der Waals surface area contributed by atoms with E-state index < -0.39 is 0 Å². The first-order valence-electron chi connectivity index (χ1n) is 5.87. The van der Waals surface area contributed by atoms with E-state index in [1.54, 1.807) is 0 Å². The molecular formula is C11H19N3O. The first-order chi connectivity index (χ1) is 7.40. The lowest BCUT2D eigenvalue weighted by atomic mass is 10.0. The number of hydrogen-bond acceptors (Lipinski definition) is 4. The predicted octanol–water partition coefficient (Wildman–Crippen LogP) is 2.23. The van der Waals surface area contributed by atoms with Crippen LogP contribution in [0.5, 0.6) is 0 Å².